The van der Waals surface area contributed by atoms with Crippen LogP contribution in [0, 0.1) is 16.0 Å². The van der Waals surface area contributed by atoms with Crippen molar-refractivity contribution in [2.24, 2.45) is 0 Å². The quantitative estimate of drug-likeness (QED) is 0.450. The molecule has 1 rings (SSSR count). The summed E-state index contributed by atoms with van der Waals surface area (Å²) in [7, 11) is 0. The van der Waals surface area contributed by atoms with E-state index >= 15 is 0 Å². The number of aromatic nitrogens is 1. The second-order valence-electron chi connectivity index (χ2n) is 1.71. The Hall–Kier alpha value is -1.34. The topological polar surface area (TPSA) is 49.0 Å². The summed E-state index contributed by atoms with van der Waals surface area (Å²) in [4.78, 5) is 0. The molecule has 0 amide bonds. The molecule has 0 fully saturated rings. The molecule has 0 aliphatic rings. The minimum Gasteiger partial charge on any atom is -0.428 e. The highest BCUT2D eigenvalue weighted by molar-refractivity contribution is 7.71. The lowest BCUT2D eigenvalue weighted by Crippen LogP contribution is -1.92. The van der Waals surface area contributed by atoms with E-state index in [1.54, 1.807) is 0 Å². The van der Waals surface area contributed by atoms with Crippen LogP contribution in [0.25, 0.3) is 0 Å². The molecule has 0 atom stereocenters. The maximum atomic E-state index is 8.84. The summed E-state index contributed by atoms with van der Waals surface area (Å²) in [5.74, 6) is 0. The van der Waals surface area contributed by atoms with Gasteiger partial charge in [0.2, 0.25) is 0 Å². The van der Waals surface area contributed by atoms with E-state index in [-0.39, 0.29) is 4.64 Å². The molecule has 0 aliphatic heterocycles. The van der Waals surface area contributed by atoms with Gasteiger partial charge in [-0.15, -0.1) is 0 Å². The first-order valence-electron chi connectivity index (χ1n) is 2.56. The largest absolute Gasteiger partial charge is 0.428 e. The van der Waals surface area contributed by atoms with Crippen molar-refractivity contribution < 1.29 is 5.21 Å². The minimum atomic E-state index is 0.235. The number of hydrogen-bond acceptors (Lipinski definition) is 3. The summed E-state index contributed by atoms with van der Waals surface area (Å²) in [6, 6.07) is 4.81. The van der Waals surface area contributed by atoms with Crippen molar-refractivity contribution in [3.63, 3.8) is 0 Å². The van der Waals surface area contributed by atoms with E-state index in [9.17, 15) is 0 Å². The summed E-state index contributed by atoms with van der Waals surface area (Å²) in [5, 5.41) is 17.2. The van der Waals surface area contributed by atoms with E-state index in [0.29, 0.717) is 5.56 Å². The zero-order chi connectivity index (χ0) is 7.56. The molecular formula is C6H4N2OS. The molecular weight excluding hydrogens is 148 g/mol. The van der Waals surface area contributed by atoms with Crippen molar-refractivity contribution in [1.82, 2.24) is 4.73 Å². The number of nitrogens with zero attached hydrogens (tertiary/aromatic N) is 2. The Morgan fingerprint density at radius 3 is 2.90 bits per heavy atom. The molecule has 1 aromatic heterocycles. The first kappa shape index (κ1) is 6.78. The Morgan fingerprint density at radius 1 is 1.70 bits per heavy atom. The zero-order valence-corrected chi connectivity index (χ0v) is 5.80. The molecule has 0 aliphatic carbocycles. The third-order valence-corrected chi connectivity index (χ3v) is 1.33. The first-order chi connectivity index (χ1) is 4.74. The fourth-order valence-electron chi connectivity index (χ4n) is 0.541. The molecule has 4 heteroatoms. The molecule has 0 saturated heterocycles. The summed E-state index contributed by atoms with van der Waals surface area (Å²) < 4.78 is 1.02. The molecule has 3 nitrogen and oxygen atoms in total. The van der Waals surface area contributed by atoms with Crippen LogP contribution in [-0.4, -0.2) is 9.94 Å². The van der Waals surface area contributed by atoms with Crippen molar-refractivity contribution in [3.8, 4) is 6.07 Å². The Bertz CT molecular complexity index is 336. The SMILES string of the molecule is N#Cc1ccn(O)c(=S)c1. The molecule has 0 radical (unpaired) electrons. The highest BCUT2D eigenvalue weighted by atomic mass is 32.1. The normalized spacial score (nSPS) is 8.70. The first-order valence-corrected chi connectivity index (χ1v) is 2.97. The lowest BCUT2D eigenvalue weighted by atomic mass is 10.3. The number of rotatable bonds is 0. The number of nitriles is 1. The number of hydrogen-bond donors (Lipinski definition) is 1. The number of pyridine rings is 1. The maximum absolute atomic E-state index is 8.84. The summed E-state index contributed by atoms with van der Waals surface area (Å²) >= 11 is 4.67. The van der Waals surface area contributed by atoms with Gasteiger partial charge in [0, 0.05) is 6.20 Å². The highest BCUT2D eigenvalue weighted by Crippen LogP contribution is 1.96. The van der Waals surface area contributed by atoms with Gasteiger partial charge in [-0.3, -0.25) is 0 Å². The fourth-order valence-corrected chi connectivity index (χ4v) is 0.729. The van der Waals surface area contributed by atoms with Gasteiger partial charge >= 0.3 is 0 Å². The van der Waals surface area contributed by atoms with Crippen LogP contribution in [-0.2, 0) is 0 Å². The van der Waals surface area contributed by atoms with E-state index < -0.39 is 0 Å². The van der Waals surface area contributed by atoms with E-state index in [4.69, 9.17) is 10.5 Å². The second-order valence-corrected chi connectivity index (χ2v) is 2.13. The van der Waals surface area contributed by atoms with E-state index in [1.807, 2.05) is 6.07 Å². The molecule has 0 spiro atoms. The minimum absolute atomic E-state index is 0.235. The molecule has 1 heterocycles. The third-order valence-electron chi connectivity index (χ3n) is 1.03. The standard InChI is InChI=1S/C6H4N2OS/c7-4-5-1-2-8(9)6(10)3-5/h1-3,9H. The van der Waals surface area contributed by atoms with Crippen molar-refractivity contribution >= 4 is 12.2 Å². The van der Waals surface area contributed by atoms with Crippen LogP contribution in [0.1, 0.15) is 5.56 Å². The van der Waals surface area contributed by atoms with E-state index in [0.717, 1.165) is 4.73 Å². The Balaban J connectivity index is 3.34. The summed E-state index contributed by atoms with van der Waals surface area (Å²) in [6.07, 6.45) is 1.33. The molecule has 50 valence electrons. The van der Waals surface area contributed by atoms with Crippen LogP contribution in [0.2, 0.25) is 0 Å². The van der Waals surface area contributed by atoms with Gasteiger partial charge in [-0.2, -0.15) is 9.99 Å². The molecule has 10 heavy (non-hydrogen) atoms. The van der Waals surface area contributed by atoms with Gasteiger partial charge in [-0.25, -0.2) is 0 Å². The van der Waals surface area contributed by atoms with Crippen molar-refractivity contribution in [2.75, 3.05) is 0 Å². The van der Waals surface area contributed by atoms with Crippen LogP contribution in [0.3, 0.4) is 0 Å². The Morgan fingerprint density at radius 2 is 2.40 bits per heavy atom. The molecule has 0 bridgehead atoms. The molecule has 0 aromatic carbocycles. The lowest BCUT2D eigenvalue weighted by molar-refractivity contribution is 0.180. The van der Waals surface area contributed by atoms with Gasteiger partial charge in [0.15, 0.2) is 0 Å². The Kier molecular flexibility index (Phi) is 1.69. The molecule has 1 N–H and O–H groups in total. The van der Waals surface area contributed by atoms with Crippen LogP contribution < -0.4 is 0 Å². The van der Waals surface area contributed by atoms with Crippen molar-refractivity contribution in [2.45, 2.75) is 0 Å². The predicted molar refractivity (Wildman–Crippen MR) is 37.2 cm³/mol. The van der Waals surface area contributed by atoms with E-state index in [2.05, 4.69) is 12.2 Å². The molecule has 0 unspecified atom stereocenters. The second kappa shape index (κ2) is 2.50. The van der Waals surface area contributed by atoms with Crippen LogP contribution in [0.5, 0.6) is 0 Å². The smallest absolute Gasteiger partial charge is 0.143 e. The average molecular weight is 152 g/mol. The highest BCUT2D eigenvalue weighted by Gasteiger charge is 1.89. The predicted octanol–water partition coefficient (Wildman–Crippen LogP) is 1.33. The zero-order valence-electron chi connectivity index (χ0n) is 4.98. The van der Waals surface area contributed by atoms with Gasteiger partial charge in [-0.1, -0.05) is 12.2 Å². The Labute approximate surface area is 62.7 Å². The van der Waals surface area contributed by atoms with E-state index in [1.165, 1.54) is 18.3 Å². The van der Waals surface area contributed by atoms with Gasteiger partial charge in [0.1, 0.15) is 4.64 Å². The molecule has 1 aromatic rings. The fraction of sp³-hybridized carbons (Fsp3) is 0. The summed E-state index contributed by atoms with van der Waals surface area (Å²) in [6.45, 7) is 0. The average Bonchev–Trinajstić information content (AvgIpc) is 1.95. The van der Waals surface area contributed by atoms with Gasteiger partial charge < -0.3 is 5.21 Å². The maximum Gasteiger partial charge on any atom is 0.143 e. The monoisotopic (exact) mass is 152 g/mol. The van der Waals surface area contributed by atoms with Crippen LogP contribution in [0.15, 0.2) is 18.3 Å². The van der Waals surface area contributed by atoms with Gasteiger partial charge in [-0.05, 0) is 12.1 Å². The third kappa shape index (κ3) is 1.14. The van der Waals surface area contributed by atoms with Crippen LogP contribution in [0.4, 0.5) is 0 Å². The molecule has 0 saturated carbocycles. The summed E-state index contributed by atoms with van der Waals surface area (Å²) in [5.41, 5.74) is 0.454. The van der Waals surface area contributed by atoms with Crippen LogP contribution >= 0.6 is 12.2 Å². The lowest BCUT2D eigenvalue weighted by Gasteiger charge is -1.93. The van der Waals surface area contributed by atoms with Gasteiger partial charge in [0.25, 0.3) is 0 Å². The van der Waals surface area contributed by atoms with Gasteiger partial charge in [0.05, 0.1) is 11.6 Å². The van der Waals surface area contributed by atoms with Crippen molar-refractivity contribution in [3.05, 3.63) is 28.5 Å². The van der Waals surface area contributed by atoms with Crippen molar-refractivity contribution in [1.29, 1.82) is 5.26 Å².